The molecule has 0 saturated carbocycles. The summed E-state index contributed by atoms with van der Waals surface area (Å²) in [7, 11) is 1.34. The van der Waals surface area contributed by atoms with Crippen LogP contribution in [0.4, 0.5) is 74.6 Å². The molecule has 3 N–H and O–H groups in total. The van der Waals surface area contributed by atoms with Gasteiger partial charge in [-0.2, -0.15) is 74.6 Å². The molecule has 24 heteroatoms. The number of carbonyl (C=O) groups is 2. The number of carbonyl (C=O) groups excluding carboxylic acids is 1. The quantitative estimate of drug-likeness (QED) is 0.137. The predicted octanol–water partition coefficient (Wildman–Crippen LogP) is 4.06. The van der Waals surface area contributed by atoms with Gasteiger partial charge in [0.2, 0.25) is 0 Å². The highest BCUT2D eigenvalue weighted by Crippen LogP contribution is 2.64. The van der Waals surface area contributed by atoms with Crippen molar-refractivity contribution >= 4 is 11.9 Å². The van der Waals surface area contributed by atoms with Gasteiger partial charge in [-0.25, -0.2) is 4.79 Å². The first-order chi connectivity index (χ1) is 18.6. The Balaban J connectivity index is 7.36. The van der Waals surface area contributed by atoms with Crippen molar-refractivity contribution in [2.75, 3.05) is 33.9 Å². The first-order valence-corrected chi connectivity index (χ1v) is 10.8. The molecule has 0 spiro atoms. The largest absolute Gasteiger partial charge is 0.477 e. The molecule has 43 heavy (non-hydrogen) atoms. The number of alkyl halides is 17. The molecule has 0 aromatic carbocycles. The van der Waals surface area contributed by atoms with Crippen molar-refractivity contribution in [2.24, 2.45) is 5.92 Å². The van der Waals surface area contributed by atoms with Crippen LogP contribution in [0.2, 0.25) is 0 Å². The normalized spacial score (nSPS) is 17.3. The van der Waals surface area contributed by atoms with Gasteiger partial charge in [-0.05, 0) is 0 Å². The summed E-state index contributed by atoms with van der Waals surface area (Å²) in [5.41, 5.74) is 0. The standard InChI is InChI=1S/C19H20F17NO6/c1-7(40)43-11(9(6-39)37(2,3)4-10(41)42)8(5-38)12(20,21)13(22,23)14(24,25)15(26,27)16(28,29)17(30,31)18(32,33)19(34,35)36/h8-9,11,38-39H,4-6H2,1-3H3/p+1. The number of aliphatic hydroxyl groups excluding tert-OH is 2. The second kappa shape index (κ2) is 11.9. The molecular formula is C19H21F17NO6+. The number of rotatable bonds is 15. The van der Waals surface area contributed by atoms with Gasteiger partial charge < -0.3 is 24.5 Å². The van der Waals surface area contributed by atoms with Gasteiger partial charge in [0.1, 0.15) is 0 Å². The summed E-state index contributed by atoms with van der Waals surface area (Å²) >= 11 is 0. The van der Waals surface area contributed by atoms with Crippen LogP contribution in [0.5, 0.6) is 0 Å². The number of nitrogens with zero attached hydrogens (tertiary/aromatic N) is 1. The first kappa shape index (κ1) is 40.6. The molecule has 0 aromatic rings. The highest BCUT2D eigenvalue weighted by atomic mass is 19.4. The zero-order valence-corrected chi connectivity index (χ0v) is 21.3. The van der Waals surface area contributed by atoms with E-state index < -0.39 is 102 Å². The van der Waals surface area contributed by atoms with E-state index >= 15 is 0 Å². The Morgan fingerprint density at radius 2 is 1.00 bits per heavy atom. The molecule has 0 fully saturated rings. The molecule has 0 aliphatic rings. The number of quaternary nitrogens is 1. The van der Waals surface area contributed by atoms with Crippen molar-refractivity contribution in [3.8, 4) is 0 Å². The van der Waals surface area contributed by atoms with Gasteiger partial charge in [0, 0.05) is 6.92 Å². The molecule has 0 saturated heterocycles. The topological polar surface area (TPSA) is 104 Å². The van der Waals surface area contributed by atoms with Crippen LogP contribution in [0.1, 0.15) is 6.92 Å². The number of hydrogen-bond acceptors (Lipinski definition) is 5. The molecule has 0 radical (unpaired) electrons. The number of carboxylic acid groups (broad SMARTS) is 1. The second-order valence-corrected chi connectivity index (χ2v) is 9.51. The molecule has 256 valence electrons. The zero-order valence-electron chi connectivity index (χ0n) is 21.3. The van der Waals surface area contributed by atoms with E-state index in [9.17, 15) is 94.4 Å². The summed E-state index contributed by atoms with van der Waals surface area (Å²) in [6.45, 7) is -5.47. The maximum Gasteiger partial charge on any atom is 0.460 e. The summed E-state index contributed by atoms with van der Waals surface area (Å²) in [5, 5.41) is 27.8. The lowest BCUT2D eigenvalue weighted by atomic mass is 9.81. The van der Waals surface area contributed by atoms with Crippen molar-refractivity contribution < 1.29 is 109 Å². The average molecular weight is 682 g/mol. The lowest BCUT2D eigenvalue weighted by Crippen LogP contribution is -2.75. The van der Waals surface area contributed by atoms with Gasteiger partial charge in [-0.3, -0.25) is 4.79 Å². The number of ether oxygens (including phenoxy) is 1. The number of aliphatic hydroxyl groups is 2. The highest BCUT2D eigenvalue weighted by Gasteiger charge is 2.95. The van der Waals surface area contributed by atoms with Crippen LogP contribution in [-0.4, -0.2) is 125 Å². The summed E-state index contributed by atoms with van der Waals surface area (Å²) in [6, 6.07) is -2.50. The van der Waals surface area contributed by atoms with Gasteiger partial charge in [-0.15, -0.1) is 0 Å². The SMILES string of the molecule is CC(=O)OC(C(CO)C(F)(F)C(F)(F)C(F)(F)C(F)(F)C(F)(F)C(F)(F)C(F)(F)C(F)(F)F)C(CO)[N+](C)(C)CC(=O)O. The van der Waals surface area contributed by atoms with Crippen LogP contribution < -0.4 is 0 Å². The smallest absolute Gasteiger partial charge is 0.460 e. The molecule has 3 atom stereocenters. The average Bonchev–Trinajstić information content (AvgIpc) is 2.76. The third-order valence-corrected chi connectivity index (χ3v) is 6.11. The summed E-state index contributed by atoms with van der Waals surface area (Å²) < 4.78 is 235. The summed E-state index contributed by atoms with van der Waals surface area (Å²) in [5.74, 6) is -66.9. The lowest BCUT2D eigenvalue weighted by Gasteiger charge is -2.46. The predicted molar refractivity (Wildman–Crippen MR) is 102 cm³/mol. The summed E-state index contributed by atoms with van der Waals surface area (Å²) in [4.78, 5) is 22.5. The van der Waals surface area contributed by atoms with Crippen LogP contribution in [-0.2, 0) is 14.3 Å². The van der Waals surface area contributed by atoms with Gasteiger partial charge in [0.15, 0.2) is 18.7 Å². The Kier molecular flexibility index (Phi) is 11.2. The maximum absolute atomic E-state index is 15.0. The van der Waals surface area contributed by atoms with Crippen molar-refractivity contribution in [3.05, 3.63) is 0 Å². The van der Waals surface area contributed by atoms with E-state index in [1.54, 1.807) is 0 Å². The fourth-order valence-corrected chi connectivity index (χ4v) is 3.64. The number of aliphatic carboxylic acids is 1. The van der Waals surface area contributed by atoms with Gasteiger partial charge in [0.25, 0.3) is 0 Å². The second-order valence-electron chi connectivity index (χ2n) is 9.51. The Hall–Kier alpha value is -2.37. The van der Waals surface area contributed by atoms with E-state index in [0.29, 0.717) is 14.1 Å². The van der Waals surface area contributed by atoms with E-state index in [0.717, 1.165) is 0 Å². The first-order valence-electron chi connectivity index (χ1n) is 10.8. The number of likely N-dealkylation sites (N-methyl/N-ethyl adjacent to an activating group) is 1. The van der Waals surface area contributed by atoms with E-state index in [-0.39, 0.29) is 6.92 Å². The van der Waals surface area contributed by atoms with Gasteiger partial charge >= 0.3 is 59.6 Å². The van der Waals surface area contributed by atoms with Crippen molar-refractivity contribution in [3.63, 3.8) is 0 Å². The van der Waals surface area contributed by atoms with Gasteiger partial charge in [0.05, 0.1) is 33.2 Å². The zero-order chi connectivity index (χ0) is 35.2. The molecule has 3 unspecified atom stereocenters. The third kappa shape index (κ3) is 6.40. The molecular weight excluding hydrogens is 661 g/mol. The molecule has 7 nitrogen and oxygen atoms in total. The Labute approximate surface area is 228 Å². The Morgan fingerprint density at radius 1 is 0.651 bits per heavy atom. The van der Waals surface area contributed by atoms with E-state index in [1.165, 1.54) is 0 Å². The maximum atomic E-state index is 15.0. The number of hydrogen-bond donors (Lipinski definition) is 3. The van der Waals surface area contributed by atoms with E-state index in [4.69, 9.17) is 5.11 Å². The van der Waals surface area contributed by atoms with E-state index in [1.807, 2.05) is 0 Å². The third-order valence-electron chi connectivity index (χ3n) is 6.11. The minimum absolute atomic E-state index is 0.273. The monoisotopic (exact) mass is 682 g/mol. The molecule has 0 rings (SSSR count). The summed E-state index contributed by atoms with van der Waals surface area (Å²) in [6.07, 6.45) is -11.2. The van der Waals surface area contributed by atoms with Crippen molar-refractivity contribution in [1.29, 1.82) is 0 Å². The highest BCUT2D eigenvalue weighted by molar-refractivity contribution is 5.68. The molecule has 0 aromatic heterocycles. The number of halogens is 17. The van der Waals surface area contributed by atoms with Crippen LogP contribution in [0.3, 0.4) is 0 Å². The van der Waals surface area contributed by atoms with Gasteiger partial charge in [-0.1, -0.05) is 0 Å². The molecule has 0 amide bonds. The Bertz CT molecular complexity index is 1010. The van der Waals surface area contributed by atoms with Crippen molar-refractivity contribution in [2.45, 2.75) is 66.7 Å². The molecule has 0 aliphatic carbocycles. The van der Waals surface area contributed by atoms with Crippen LogP contribution in [0.25, 0.3) is 0 Å². The lowest BCUT2D eigenvalue weighted by molar-refractivity contribution is -0.912. The van der Waals surface area contributed by atoms with Crippen LogP contribution in [0, 0.1) is 5.92 Å². The molecule has 0 heterocycles. The van der Waals surface area contributed by atoms with Crippen LogP contribution >= 0.6 is 0 Å². The molecule has 0 bridgehead atoms. The number of esters is 1. The number of carboxylic acids is 1. The minimum Gasteiger partial charge on any atom is -0.477 e. The van der Waals surface area contributed by atoms with Crippen LogP contribution in [0.15, 0.2) is 0 Å². The van der Waals surface area contributed by atoms with E-state index in [2.05, 4.69) is 4.74 Å². The molecule has 0 aliphatic heterocycles. The van der Waals surface area contributed by atoms with Crippen molar-refractivity contribution in [1.82, 2.24) is 0 Å². The fraction of sp³-hybridized carbons (Fsp3) is 0.895. The Morgan fingerprint density at radius 3 is 1.28 bits per heavy atom. The minimum atomic E-state index is -8.88. The fourth-order valence-electron chi connectivity index (χ4n) is 3.64.